The Balaban J connectivity index is 2.07. The third-order valence-electron chi connectivity index (χ3n) is 3.69. The molecule has 0 bridgehead atoms. The molecule has 0 spiro atoms. The average Bonchev–Trinajstić information content (AvgIpc) is 2.85. The van der Waals surface area contributed by atoms with E-state index >= 15 is 0 Å². The average molecular weight is 343 g/mol. The van der Waals surface area contributed by atoms with Crippen LogP contribution in [0.4, 0.5) is 11.4 Å². The van der Waals surface area contributed by atoms with E-state index < -0.39 is 10.9 Å². The number of nitro benzene ring substituents is 1. The van der Waals surface area contributed by atoms with Gasteiger partial charge < -0.3 is 10.4 Å². The molecule has 1 aromatic rings. The molecule has 7 heteroatoms. The molecule has 1 fully saturated rings. The molecule has 1 aromatic carbocycles. The first-order valence-electron chi connectivity index (χ1n) is 6.39. The normalized spacial score (nSPS) is 21.6. The third-order valence-corrected chi connectivity index (χ3v) is 4.18. The molecule has 1 aliphatic carbocycles. The van der Waals surface area contributed by atoms with Crippen molar-refractivity contribution in [3.8, 4) is 0 Å². The van der Waals surface area contributed by atoms with Crippen molar-refractivity contribution >= 4 is 33.3 Å². The smallest absolute Gasteiger partial charge is 0.306 e. The third kappa shape index (κ3) is 3.27. The fourth-order valence-electron chi connectivity index (χ4n) is 2.65. The maximum atomic E-state index is 11.1. The predicted octanol–water partition coefficient (Wildman–Crippen LogP) is 3.27. The van der Waals surface area contributed by atoms with Crippen molar-refractivity contribution in [1.82, 2.24) is 0 Å². The Labute approximate surface area is 124 Å². The predicted molar refractivity (Wildman–Crippen MR) is 77.8 cm³/mol. The molecule has 2 atom stereocenters. The molecular weight excluding hydrogens is 328 g/mol. The lowest BCUT2D eigenvalue weighted by Crippen LogP contribution is -2.24. The summed E-state index contributed by atoms with van der Waals surface area (Å²) in [6.07, 6.45) is 2.42. The van der Waals surface area contributed by atoms with Gasteiger partial charge in [0.05, 0.1) is 10.8 Å². The van der Waals surface area contributed by atoms with Crippen molar-refractivity contribution < 1.29 is 14.8 Å². The van der Waals surface area contributed by atoms with Gasteiger partial charge in [0.25, 0.3) is 5.69 Å². The molecular formula is C13H15BrN2O4. The SMILES string of the molecule is O=C(O)C1CCCC1CNc1ccc(Br)cc1[N+](=O)[O-]. The molecule has 0 radical (unpaired) electrons. The van der Waals surface area contributed by atoms with Gasteiger partial charge in [0.2, 0.25) is 0 Å². The molecule has 0 amide bonds. The van der Waals surface area contributed by atoms with E-state index in [0.29, 0.717) is 23.1 Å². The van der Waals surface area contributed by atoms with Crippen LogP contribution in [0, 0.1) is 22.0 Å². The van der Waals surface area contributed by atoms with Gasteiger partial charge in [-0.25, -0.2) is 0 Å². The molecule has 0 aromatic heterocycles. The van der Waals surface area contributed by atoms with E-state index in [9.17, 15) is 14.9 Å². The zero-order chi connectivity index (χ0) is 14.7. The highest BCUT2D eigenvalue weighted by molar-refractivity contribution is 9.10. The number of nitrogens with one attached hydrogen (secondary N) is 1. The van der Waals surface area contributed by atoms with Gasteiger partial charge in [-0.05, 0) is 30.9 Å². The molecule has 2 unspecified atom stereocenters. The summed E-state index contributed by atoms with van der Waals surface area (Å²) in [5, 5.41) is 23.1. The Bertz CT molecular complexity index is 535. The van der Waals surface area contributed by atoms with Crippen LogP contribution in [-0.4, -0.2) is 22.5 Å². The molecule has 6 nitrogen and oxygen atoms in total. The number of benzene rings is 1. The van der Waals surface area contributed by atoms with E-state index in [4.69, 9.17) is 5.11 Å². The van der Waals surface area contributed by atoms with Crippen molar-refractivity contribution in [2.75, 3.05) is 11.9 Å². The van der Waals surface area contributed by atoms with Crippen LogP contribution in [0.15, 0.2) is 22.7 Å². The Morgan fingerprint density at radius 3 is 2.90 bits per heavy atom. The number of nitrogens with zero attached hydrogens (tertiary/aromatic N) is 1. The zero-order valence-corrected chi connectivity index (χ0v) is 12.3. The van der Waals surface area contributed by atoms with Crippen LogP contribution in [0.5, 0.6) is 0 Å². The minimum Gasteiger partial charge on any atom is -0.481 e. The van der Waals surface area contributed by atoms with E-state index in [-0.39, 0.29) is 17.5 Å². The second-order valence-electron chi connectivity index (χ2n) is 4.94. The van der Waals surface area contributed by atoms with Crippen LogP contribution in [0.3, 0.4) is 0 Å². The van der Waals surface area contributed by atoms with Crippen LogP contribution in [0.2, 0.25) is 0 Å². The highest BCUT2D eigenvalue weighted by atomic mass is 79.9. The second kappa shape index (κ2) is 6.21. The van der Waals surface area contributed by atoms with Crippen LogP contribution >= 0.6 is 15.9 Å². The first-order chi connectivity index (χ1) is 9.49. The van der Waals surface area contributed by atoms with E-state index in [2.05, 4.69) is 21.2 Å². The van der Waals surface area contributed by atoms with Gasteiger partial charge in [-0.1, -0.05) is 22.4 Å². The van der Waals surface area contributed by atoms with Crippen LogP contribution in [0.1, 0.15) is 19.3 Å². The molecule has 2 N–H and O–H groups in total. The Kier molecular flexibility index (Phi) is 4.59. The van der Waals surface area contributed by atoms with Crippen molar-refractivity contribution in [1.29, 1.82) is 0 Å². The highest BCUT2D eigenvalue weighted by Gasteiger charge is 2.32. The Hall–Kier alpha value is -1.63. The lowest BCUT2D eigenvalue weighted by Gasteiger charge is -2.17. The second-order valence-corrected chi connectivity index (χ2v) is 5.85. The summed E-state index contributed by atoms with van der Waals surface area (Å²) < 4.78 is 0.638. The largest absolute Gasteiger partial charge is 0.481 e. The maximum Gasteiger partial charge on any atom is 0.306 e. The minimum atomic E-state index is -0.778. The number of halogens is 1. The van der Waals surface area contributed by atoms with Gasteiger partial charge in [0, 0.05) is 17.1 Å². The van der Waals surface area contributed by atoms with Crippen molar-refractivity contribution in [3.05, 3.63) is 32.8 Å². The topological polar surface area (TPSA) is 92.5 Å². The van der Waals surface area contributed by atoms with E-state index in [1.54, 1.807) is 12.1 Å². The van der Waals surface area contributed by atoms with Crippen molar-refractivity contribution in [3.63, 3.8) is 0 Å². The summed E-state index contributed by atoms with van der Waals surface area (Å²) >= 11 is 3.20. The lowest BCUT2D eigenvalue weighted by molar-refractivity contribution is -0.384. The number of rotatable bonds is 5. The molecule has 20 heavy (non-hydrogen) atoms. The Morgan fingerprint density at radius 1 is 1.50 bits per heavy atom. The molecule has 2 rings (SSSR count). The van der Waals surface area contributed by atoms with Crippen LogP contribution in [-0.2, 0) is 4.79 Å². The minimum absolute atomic E-state index is 0.00996. The van der Waals surface area contributed by atoms with Gasteiger partial charge in [-0.2, -0.15) is 0 Å². The van der Waals surface area contributed by atoms with E-state index in [1.165, 1.54) is 6.07 Å². The van der Waals surface area contributed by atoms with Gasteiger partial charge in [-0.3, -0.25) is 14.9 Å². The number of carboxylic acid groups (broad SMARTS) is 1. The number of anilines is 1. The number of carboxylic acids is 1. The number of nitro groups is 1. The molecule has 0 heterocycles. The first-order valence-corrected chi connectivity index (χ1v) is 7.19. The molecule has 1 aliphatic rings. The summed E-state index contributed by atoms with van der Waals surface area (Å²) in [6.45, 7) is 0.444. The standard InChI is InChI=1S/C13H15BrN2O4/c14-9-4-5-11(12(6-9)16(19)20)15-7-8-2-1-3-10(8)13(17)18/h4-6,8,10,15H,1-3,7H2,(H,17,18). The molecule has 0 saturated heterocycles. The number of aliphatic carboxylic acids is 1. The quantitative estimate of drug-likeness (QED) is 0.632. The fourth-order valence-corrected chi connectivity index (χ4v) is 3.00. The highest BCUT2D eigenvalue weighted by Crippen LogP contribution is 2.33. The van der Waals surface area contributed by atoms with E-state index in [0.717, 1.165) is 12.8 Å². The van der Waals surface area contributed by atoms with Crippen LogP contribution in [0.25, 0.3) is 0 Å². The molecule has 1 saturated carbocycles. The van der Waals surface area contributed by atoms with Gasteiger partial charge in [0.15, 0.2) is 0 Å². The summed E-state index contributed by atoms with van der Waals surface area (Å²) in [6, 6.07) is 4.79. The van der Waals surface area contributed by atoms with Crippen LogP contribution < -0.4 is 5.32 Å². The van der Waals surface area contributed by atoms with Gasteiger partial charge >= 0.3 is 5.97 Å². The first kappa shape index (κ1) is 14.8. The van der Waals surface area contributed by atoms with Gasteiger partial charge in [0.1, 0.15) is 5.69 Å². The zero-order valence-electron chi connectivity index (χ0n) is 10.7. The molecule has 108 valence electrons. The van der Waals surface area contributed by atoms with Crippen molar-refractivity contribution in [2.24, 2.45) is 11.8 Å². The van der Waals surface area contributed by atoms with Crippen molar-refractivity contribution in [2.45, 2.75) is 19.3 Å². The lowest BCUT2D eigenvalue weighted by atomic mass is 9.96. The number of hydrogen-bond donors (Lipinski definition) is 2. The summed E-state index contributed by atoms with van der Waals surface area (Å²) in [4.78, 5) is 21.6. The molecule has 0 aliphatic heterocycles. The van der Waals surface area contributed by atoms with Gasteiger partial charge in [-0.15, -0.1) is 0 Å². The maximum absolute atomic E-state index is 11.1. The summed E-state index contributed by atoms with van der Waals surface area (Å²) in [7, 11) is 0. The number of carbonyl (C=O) groups is 1. The van der Waals surface area contributed by atoms with E-state index in [1.807, 2.05) is 0 Å². The number of hydrogen-bond acceptors (Lipinski definition) is 4. The fraction of sp³-hybridized carbons (Fsp3) is 0.462. The monoisotopic (exact) mass is 342 g/mol. The summed E-state index contributed by atoms with van der Waals surface area (Å²) in [5.74, 6) is -1.10. The summed E-state index contributed by atoms with van der Waals surface area (Å²) in [5.41, 5.74) is 0.415. The Morgan fingerprint density at radius 2 is 2.25 bits per heavy atom.